The van der Waals surface area contributed by atoms with Gasteiger partial charge in [0.25, 0.3) is 0 Å². The van der Waals surface area contributed by atoms with Crippen LogP contribution in [0.3, 0.4) is 0 Å². The molecule has 3 nitrogen and oxygen atoms in total. The molecule has 0 N–H and O–H groups in total. The summed E-state index contributed by atoms with van der Waals surface area (Å²) < 4.78 is 5.49. The smallest absolute Gasteiger partial charge is 0.410 e. The minimum atomic E-state index is -0.425. The molecule has 100 valence electrons. The summed E-state index contributed by atoms with van der Waals surface area (Å²) in [5.74, 6) is 0. The molecular formula is C14H21NO2S. The summed E-state index contributed by atoms with van der Waals surface area (Å²) in [7, 11) is 0. The van der Waals surface area contributed by atoms with Gasteiger partial charge in [0, 0.05) is 11.4 Å². The number of amides is 1. The molecule has 1 amide bonds. The Hall–Kier alpha value is -1.03. The molecule has 1 unspecified atom stereocenters. The van der Waals surface area contributed by atoms with Crippen molar-refractivity contribution in [3.63, 3.8) is 0 Å². The van der Waals surface area contributed by atoms with E-state index in [0.29, 0.717) is 0 Å². The van der Waals surface area contributed by atoms with Gasteiger partial charge in [-0.05, 0) is 50.6 Å². The second kappa shape index (κ2) is 4.92. The van der Waals surface area contributed by atoms with Crippen molar-refractivity contribution in [2.24, 2.45) is 0 Å². The zero-order chi connectivity index (χ0) is 13.3. The van der Waals surface area contributed by atoms with Crippen LogP contribution in [-0.2, 0) is 11.2 Å². The van der Waals surface area contributed by atoms with Crippen molar-refractivity contribution in [1.29, 1.82) is 0 Å². The van der Waals surface area contributed by atoms with Crippen molar-refractivity contribution in [3.8, 4) is 0 Å². The minimum Gasteiger partial charge on any atom is -0.444 e. The van der Waals surface area contributed by atoms with E-state index in [1.165, 1.54) is 10.4 Å². The molecular weight excluding hydrogens is 246 g/mol. The summed E-state index contributed by atoms with van der Waals surface area (Å²) in [6, 6.07) is 2.36. The average Bonchev–Trinajstić information content (AvgIpc) is 2.72. The van der Waals surface area contributed by atoms with Gasteiger partial charge in [0.05, 0.1) is 6.04 Å². The normalized spacial score (nSPS) is 19.6. The Morgan fingerprint density at radius 2 is 2.28 bits per heavy atom. The van der Waals surface area contributed by atoms with Crippen molar-refractivity contribution in [2.45, 2.75) is 52.2 Å². The van der Waals surface area contributed by atoms with Gasteiger partial charge in [0.2, 0.25) is 0 Å². The van der Waals surface area contributed by atoms with Gasteiger partial charge in [0.15, 0.2) is 0 Å². The summed E-state index contributed by atoms with van der Waals surface area (Å²) in [5.41, 5.74) is 0.970. The van der Waals surface area contributed by atoms with Gasteiger partial charge in [-0.3, -0.25) is 0 Å². The average molecular weight is 267 g/mol. The number of carbonyl (C=O) groups excluding carboxylic acids is 1. The third-order valence-corrected chi connectivity index (χ3v) is 4.16. The molecule has 0 aliphatic carbocycles. The lowest BCUT2D eigenvalue weighted by atomic mass is 10.0. The Morgan fingerprint density at radius 1 is 1.56 bits per heavy atom. The van der Waals surface area contributed by atoms with Crippen molar-refractivity contribution < 1.29 is 9.53 Å². The molecule has 18 heavy (non-hydrogen) atoms. The second-order valence-corrected chi connectivity index (χ2v) is 6.61. The van der Waals surface area contributed by atoms with E-state index in [1.807, 2.05) is 25.7 Å². The van der Waals surface area contributed by atoms with Gasteiger partial charge in [0.1, 0.15) is 5.60 Å². The zero-order valence-electron chi connectivity index (χ0n) is 11.5. The second-order valence-electron chi connectivity index (χ2n) is 5.66. The molecule has 1 aromatic rings. The summed E-state index contributed by atoms with van der Waals surface area (Å²) in [6.07, 6.45) is 1.69. The maximum absolute atomic E-state index is 12.2. The largest absolute Gasteiger partial charge is 0.444 e. The Labute approximate surface area is 113 Å². The quantitative estimate of drug-likeness (QED) is 0.770. The van der Waals surface area contributed by atoms with Crippen LogP contribution in [-0.4, -0.2) is 23.1 Å². The highest BCUT2D eigenvalue weighted by atomic mass is 32.1. The van der Waals surface area contributed by atoms with Crippen LogP contribution in [0.1, 0.15) is 50.6 Å². The molecule has 0 spiro atoms. The summed E-state index contributed by atoms with van der Waals surface area (Å²) in [5, 5.41) is 2.12. The molecule has 2 rings (SSSR count). The van der Waals surface area contributed by atoms with E-state index in [9.17, 15) is 4.79 Å². The number of rotatable bonds is 1. The first-order valence-electron chi connectivity index (χ1n) is 6.48. The molecule has 0 saturated heterocycles. The van der Waals surface area contributed by atoms with E-state index in [-0.39, 0.29) is 12.1 Å². The van der Waals surface area contributed by atoms with Gasteiger partial charge >= 0.3 is 6.09 Å². The molecule has 0 saturated carbocycles. The van der Waals surface area contributed by atoms with Crippen LogP contribution >= 0.6 is 11.3 Å². The van der Waals surface area contributed by atoms with Crippen LogP contribution < -0.4 is 0 Å². The highest BCUT2D eigenvalue weighted by molar-refractivity contribution is 7.10. The lowest BCUT2D eigenvalue weighted by Crippen LogP contribution is -2.42. The molecule has 1 aromatic heterocycles. The van der Waals surface area contributed by atoms with E-state index >= 15 is 0 Å². The Morgan fingerprint density at radius 3 is 2.89 bits per heavy atom. The molecule has 1 atom stereocenters. The number of hydrogen-bond acceptors (Lipinski definition) is 3. The van der Waals surface area contributed by atoms with Gasteiger partial charge in [-0.2, -0.15) is 0 Å². The first-order chi connectivity index (χ1) is 8.42. The van der Waals surface area contributed by atoms with Crippen molar-refractivity contribution in [3.05, 3.63) is 21.9 Å². The van der Waals surface area contributed by atoms with Crippen LogP contribution in [0.5, 0.6) is 0 Å². The lowest BCUT2D eigenvalue weighted by Gasteiger charge is -2.36. The molecule has 0 fully saturated rings. The topological polar surface area (TPSA) is 29.5 Å². The highest BCUT2D eigenvalue weighted by Gasteiger charge is 2.33. The van der Waals surface area contributed by atoms with Gasteiger partial charge < -0.3 is 9.64 Å². The van der Waals surface area contributed by atoms with Crippen LogP contribution in [0.4, 0.5) is 4.79 Å². The molecule has 1 aliphatic heterocycles. The third-order valence-electron chi connectivity index (χ3n) is 3.10. The number of carbonyl (C=O) groups is 1. The number of ether oxygens (including phenoxy) is 1. The molecule has 2 heterocycles. The summed E-state index contributed by atoms with van der Waals surface area (Å²) in [6.45, 7) is 8.61. The lowest BCUT2D eigenvalue weighted by molar-refractivity contribution is 0.0142. The standard InChI is InChI=1S/C14H21NO2S/c1-5-11-12-10(7-9-18-12)6-8-15(11)13(16)17-14(2,3)4/h7,9,11H,5-6,8H2,1-4H3. The Kier molecular flexibility index (Phi) is 3.66. The molecule has 0 bridgehead atoms. The van der Waals surface area contributed by atoms with E-state index in [4.69, 9.17) is 4.74 Å². The summed E-state index contributed by atoms with van der Waals surface area (Å²) >= 11 is 1.75. The van der Waals surface area contributed by atoms with E-state index < -0.39 is 5.60 Å². The van der Waals surface area contributed by atoms with Crippen LogP contribution in [0.2, 0.25) is 0 Å². The van der Waals surface area contributed by atoms with E-state index in [1.54, 1.807) is 11.3 Å². The maximum Gasteiger partial charge on any atom is 0.410 e. The Bertz CT molecular complexity index is 433. The van der Waals surface area contributed by atoms with Crippen molar-refractivity contribution >= 4 is 17.4 Å². The fourth-order valence-electron chi connectivity index (χ4n) is 2.33. The first-order valence-corrected chi connectivity index (χ1v) is 7.36. The van der Waals surface area contributed by atoms with E-state index in [0.717, 1.165) is 19.4 Å². The van der Waals surface area contributed by atoms with Crippen LogP contribution in [0.25, 0.3) is 0 Å². The van der Waals surface area contributed by atoms with Crippen molar-refractivity contribution in [1.82, 2.24) is 4.90 Å². The number of fused-ring (bicyclic) bond motifs is 1. The monoisotopic (exact) mass is 267 g/mol. The number of nitrogens with zero attached hydrogens (tertiary/aromatic N) is 1. The SMILES string of the molecule is CCC1c2sccc2CCN1C(=O)OC(C)(C)C. The predicted octanol–water partition coefficient (Wildman–Crippen LogP) is 3.99. The highest BCUT2D eigenvalue weighted by Crippen LogP contribution is 2.36. The van der Waals surface area contributed by atoms with Gasteiger partial charge in [-0.15, -0.1) is 11.3 Å². The number of hydrogen-bond donors (Lipinski definition) is 0. The maximum atomic E-state index is 12.2. The Balaban J connectivity index is 2.17. The predicted molar refractivity (Wildman–Crippen MR) is 74.0 cm³/mol. The molecule has 0 radical (unpaired) electrons. The van der Waals surface area contributed by atoms with Crippen LogP contribution in [0, 0.1) is 0 Å². The molecule has 0 aromatic carbocycles. The van der Waals surface area contributed by atoms with E-state index in [2.05, 4.69) is 18.4 Å². The first kappa shape index (κ1) is 13.4. The molecule has 4 heteroatoms. The fourth-order valence-corrected chi connectivity index (χ4v) is 3.48. The van der Waals surface area contributed by atoms with Crippen molar-refractivity contribution in [2.75, 3.05) is 6.54 Å². The van der Waals surface area contributed by atoms with Gasteiger partial charge in [-0.1, -0.05) is 6.92 Å². The van der Waals surface area contributed by atoms with Crippen LogP contribution in [0.15, 0.2) is 11.4 Å². The summed E-state index contributed by atoms with van der Waals surface area (Å²) in [4.78, 5) is 15.4. The number of thiophene rings is 1. The fraction of sp³-hybridized carbons (Fsp3) is 0.643. The zero-order valence-corrected chi connectivity index (χ0v) is 12.3. The molecule has 1 aliphatic rings. The third kappa shape index (κ3) is 2.69. The van der Waals surface area contributed by atoms with Gasteiger partial charge in [-0.25, -0.2) is 4.79 Å². The minimum absolute atomic E-state index is 0.184.